The average molecular weight is 141 g/mol. The predicted octanol–water partition coefficient (Wildman–Crippen LogP) is -1.50. The molecule has 0 radical (unpaired) electrons. The maximum absolute atomic E-state index is 10.4. The zero-order valence-corrected chi connectivity index (χ0v) is 5.40. The summed E-state index contributed by atoms with van der Waals surface area (Å²) in [5, 5.41) is 3.62. The number of carbonyl (C=O) groups is 1. The first kappa shape index (κ1) is 6.53. The van der Waals surface area contributed by atoms with Gasteiger partial charge >= 0.3 is 0 Å². The largest absolute Gasteiger partial charge is 0.368 e. The number of nitrogens with zero attached hydrogens (tertiary/aromatic N) is 3. The van der Waals surface area contributed by atoms with Crippen LogP contribution in [0.25, 0.3) is 0 Å². The first-order valence-corrected chi connectivity index (χ1v) is 2.57. The third kappa shape index (κ3) is 0.903. The van der Waals surface area contributed by atoms with Gasteiger partial charge in [-0.2, -0.15) is 4.98 Å². The number of aryl methyl sites for hydroxylation is 1. The molecule has 0 atom stereocenters. The fourth-order valence-corrected chi connectivity index (χ4v) is 0.501. The second kappa shape index (κ2) is 1.98. The Morgan fingerprint density at radius 2 is 2.30 bits per heavy atom. The Hall–Kier alpha value is -1.59. The number of anilines is 1. The van der Waals surface area contributed by atoms with Crippen LogP contribution in [0.1, 0.15) is 10.6 Å². The Morgan fingerprint density at radius 3 is 2.50 bits per heavy atom. The molecule has 10 heavy (non-hydrogen) atoms. The number of hydrogen-bond acceptors (Lipinski definition) is 4. The summed E-state index contributed by atoms with van der Waals surface area (Å²) in [5.74, 6) is -0.555. The molecule has 0 spiro atoms. The highest BCUT2D eigenvalue weighted by Gasteiger charge is 2.07. The van der Waals surface area contributed by atoms with Gasteiger partial charge < -0.3 is 11.5 Å². The van der Waals surface area contributed by atoms with Crippen molar-refractivity contribution in [2.24, 2.45) is 12.8 Å². The van der Waals surface area contributed by atoms with E-state index in [1.54, 1.807) is 7.05 Å². The monoisotopic (exact) mass is 141 g/mol. The van der Waals surface area contributed by atoms with Gasteiger partial charge in [-0.15, -0.1) is 5.10 Å². The fourth-order valence-electron chi connectivity index (χ4n) is 0.501. The lowest BCUT2D eigenvalue weighted by Crippen LogP contribution is -2.13. The normalized spacial score (nSPS) is 9.70. The van der Waals surface area contributed by atoms with Crippen molar-refractivity contribution in [2.75, 3.05) is 5.73 Å². The molecule has 0 saturated carbocycles. The van der Waals surface area contributed by atoms with Gasteiger partial charge in [0, 0.05) is 7.05 Å². The Kier molecular flexibility index (Phi) is 1.29. The second-order valence-corrected chi connectivity index (χ2v) is 1.78. The lowest BCUT2D eigenvalue weighted by Gasteiger charge is -1.85. The minimum absolute atomic E-state index is 0.0556. The van der Waals surface area contributed by atoms with Gasteiger partial charge in [0.2, 0.25) is 11.8 Å². The minimum Gasteiger partial charge on any atom is -0.368 e. The van der Waals surface area contributed by atoms with Gasteiger partial charge in [0.1, 0.15) is 0 Å². The molecule has 0 bridgehead atoms. The van der Waals surface area contributed by atoms with Gasteiger partial charge in [-0.05, 0) is 0 Å². The molecule has 0 aliphatic carbocycles. The van der Waals surface area contributed by atoms with E-state index >= 15 is 0 Å². The fraction of sp³-hybridized carbons (Fsp3) is 0.250. The summed E-state index contributed by atoms with van der Waals surface area (Å²) < 4.78 is 1.28. The van der Waals surface area contributed by atoms with Gasteiger partial charge in [-0.1, -0.05) is 0 Å². The summed E-state index contributed by atoms with van der Waals surface area (Å²) in [4.78, 5) is 14.0. The molecule has 1 aromatic heterocycles. The van der Waals surface area contributed by atoms with Crippen molar-refractivity contribution < 1.29 is 4.79 Å². The first-order chi connectivity index (χ1) is 4.61. The molecule has 4 N–H and O–H groups in total. The van der Waals surface area contributed by atoms with Crippen LogP contribution in [0, 0.1) is 0 Å². The van der Waals surface area contributed by atoms with E-state index in [-0.39, 0.29) is 11.8 Å². The van der Waals surface area contributed by atoms with Crippen molar-refractivity contribution in [3.8, 4) is 0 Å². The molecular formula is C4H7N5O. The van der Waals surface area contributed by atoms with E-state index in [9.17, 15) is 4.79 Å². The average Bonchev–Trinajstić information content (AvgIpc) is 2.13. The van der Waals surface area contributed by atoms with Crippen LogP contribution in [0.5, 0.6) is 0 Å². The number of nitrogens with two attached hydrogens (primary N) is 2. The number of amides is 1. The maximum Gasteiger partial charge on any atom is 0.288 e. The van der Waals surface area contributed by atoms with Crippen molar-refractivity contribution in [2.45, 2.75) is 0 Å². The molecule has 0 saturated heterocycles. The number of hydrogen-bond donors (Lipinski definition) is 2. The lowest BCUT2D eigenvalue weighted by atomic mass is 10.6. The van der Waals surface area contributed by atoms with Crippen LogP contribution in [0.4, 0.5) is 5.95 Å². The molecule has 1 heterocycles. The Balaban J connectivity index is 3.10. The van der Waals surface area contributed by atoms with Crippen molar-refractivity contribution >= 4 is 11.9 Å². The molecule has 1 rings (SSSR count). The van der Waals surface area contributed by atoms with Gasteiger partial charge in [0.15, 0.2) is 0 Å². The highest BCUT2D eigenvalue weighted by atomic mass is 16.1. The molecule has 1 aromatic rings. The molecule has 0 aliphatic rings. The summed E-state index contributed by atoms with van der Waals surface area (Å²) >= 11 is 0. The Bertz CT molecular complexity index is 245. The van der Waals surface area contributed by atoms with Crippen LogP contribution >= 0.6 is 0 Å². The molecular weight excluding hydrogens is 134 g/mol. The molecule has 54 valence electrons. The zero-order valence-electron chi connectivity index (χ0n) is 5.40. The summed E-state index contributed by atoms with van der Waals surface area (Å²) in [5.41, 5.74) is 10.1. The quantitative estimate of drug-likeness (QED) is 0.496. The van der Waals surface area contributed by atoms with Crippen LogP contribution in [-0.2, 0) is 7.05 Å². The molecule has 1 amide bonds. The Morgan fingerprint density at radius 1 is 1.70 bits per heavy atom. The van der Waals surface area contributed by atoms with Crippen molar-refractivity contribution in [1.82, 2.24) is 14.8 Å². The third-order valence-electron chi connectivity index (χ3n) is 1.02. The summed E-state index contributed by atoms with van der Waals surface area (Å²) in [6.07, 6.45) is 0. The van der Waals surface area contributed by atoms with E-state index in [0.29, 0.717) is 0 Å². The number of carbonyl (C=O) groups excluding carboxylic acids is 1. The summed E-state index contributed by atoms with van der Waals surface area (Å²) in [6, 6.07) is 0. The van der Waals surface area contributed by atoms with Crippen LogP contribution in [0.2, 0.25) is 0 Å². The SMILES string of the molecule is Cn1nc(C(N)=O)nc1N. The highest BCUT2D eigenvalue weighted by molar-refractivity contribution is 5.88. The van der Waals surface area contributed by atoms with Crippen molar-refractivity contribution in [3.05, 3.63) is 5.82 Å². The van der Waals surface area contributed by atoms with E-state index < -0.39 is 5.91 Å². The van der Waals surface area contributed by atoms with E-state index in [0.717, 1.165) is 0 Å². The van der Waals surface area contributed by atoms with Crippen molar-refractivity contribution in [1.29, 1.82) is 0 Å². The van der Waals surface area contributed by atoms with Crippen LogP contribution in [0.15, 0.2) is 0 Å². The van der Waals surface area contributed by atoms with Crippen LogP contribution < -0.4 is 11.5 Å². The highest BCUT2D eigenvalue weighted by Crippen LogP contribution is 1.94. The van der Waals surface area contributed by atoms with E-state index in [4.69, 9.17) is 11.5 Å². The molecule has 0 aliphatic heterocycles. The first-order valence-electron chi connectivity index (χ1n) is 2.57. The number of rotatable bonds is 1. The standard InChI is InChI=1S/C4H7N5O/c1-9-4(6)7-3(8-9)2(5)10/h1H3,(H2,5,10)(H2,6,7,8). The van der Waals surface area contributed by atoms with E-state index in [1.807, 2.05) is 0 Å². The maximum atomic E-state index is 10.4. The van der Waals surface area contributed by atoms with Crippen molar-refractivity contribution in [3.63, 3.8) is 0 Å². The molecule has 6 heteroatoms. The van der Waals surface area contributed by atoms with Gasteiger partial charge in [0.25, 0.3) is 5.91 Å². The molecule has 6 nitrogen and oxygen atoms in total. The topological polar surface area (TPSA) is 99.8 Å². The van der Waals surface area contributed by atoms with E-state index in [1.165, 1.54) is 4.68 Å². The molecule has 0 aromatic carbocycles. The van der Waals surface area contributed by atoms with Crippen LogP contribution in [-0.4, -0.2) is 20.7 Å². The lowest BCUT2D eigenvalue weighted by molar-refractivity contribution is 0.0990. The Labute approximate surface area is 56.8 Å². The summed E-state index contributed by atoms with van der Waals surface area (Å²) in [6.45, 7) is 0. The summed E-state index contributed by atoms with van der Waals surface area (Å²) in [7, 11) is 1.58. The van der Waals surface area contributed by atoms with Crippen LogP contribution in [0.3, 0.4) is 0 Å². The number of nitrogen functional groups attached to an aromatic ring is 1. The molecule has 0 fully saturated rings. The number of aromatic nitrogens is 3. The van der Waals surface area contributed by atoms with Gasteiger partial charge in [-0.25, -0.2) is 4.68 Å². The zero-order chi connectivity index (χ0) is 7.72. The predicted molar refractivity (Wildman–Crippen MR) is 33.9 cm³/mol. The smallest absolute Gasteiger partial charge is 0.288 e. The van der Waals surface area contributed by atoms with Gasteiger partial charge in [0.05, 0.1) is 0 Å². The third-order valence-corrected chi connectivity index (χ3v) is 1.02. The number of primary amides is 1. The molecule has 0 unspecified atom stereocenters. The minimum atomic E-state index is -0.674. The van der Waals surface area contributed by atoms with E-state index in [2.05, 4.69) is 10.1 Å². The second-order valence-electron chi connectivity index (χ2n) is 1.78. The van der Waals surface area contributed by atoms with Gasteiger partial charge in [-0.3, -0.25) is 4.79 Å².